The number of amides is 2. The van der Waals surface area contributed by atoms with Crippen molar-refractivity contribution in [3.8, 4) is 5.75 Å². The number of anilines is 1. The number of hydrogen-bond acceptors (Lipinski definition) is 5. The van der Waals surface area contributed by atoms with Crippen LogP contribution in [0.1, 0.15) is 63.9 Å². The first kappa shape index (κ1) is 32.0. The number of hydrogen-bond donors (Lipinski definition) is 1. The van der Waals surface area contributed by atoms with Gasteiger partial charge >= 0.3 is 0 Å². The van der Waals surface area contributed by atoms with Crippen molar-refractivity contribution in [3.05, 3.63) is 58.1 Å². The van der Waals surface area contributed by atoms with Crippen LogP contribution in [0.5, 0.6) is 5.75 Å². The molecule has 220 valence electrons. The molecule has 1 unspecified atom stereocenters. The van der Waals surface area contributed by atoms with E-state index in [0.29, 0.717) is 17.2 Å². The minimum absolute atomic E-state index is 0.0305. The zero-order valence-corrected chi connectivity index (χ0v) is 25.7. The van der Waals surface area contributed by atoms with Crippen LogP contribution in [0.4, 0.5) is 5.69 Å². The third-order valence-corrected chi connectivity index (χ3v) is 8.89. The van der Waals surface area contributed by atoms with E-state index in [2.05, 4.69) is 5.32 Å². The van der Waals surface area contributed by atoms with Crippen LogP contribution in [0.2, 0.25) is 10.0 Å². The molecule has 0 aromatic heterocycles. The first-order chi connectivity index (χ1) is 19.0. The van der Waals surface area contributed by atoms with Crippen LogP contribution in [0, 0.1) is 0 Å². The number of benzene rings is 2. The number of ether oxygens (including phenoxy) is 1. The minimum Gasteiger partial charge on any atom is -0.497 e. The summed E-state index contributed by atoms with van der Waals surface area (Å²) in [5, 5.41) is 3.76. The van der Waals surface area contributed by atoms with Gasteiger partial charge in [-0.2, -0.15) is 0 Å². The summed E-state index contributed by atoms with van der Waals surface area (Å²) in [5.41, 5.74) is 1.09. The molecule has 0 heterocycles. The summed E-state index contributed by atoms with van der Waals surface area (Å²) in [6, 6.07) is 11.5. The van der Waals surface area contributed by atoms with Gasteiger partial charge in [0.25, 0.3) is 0 Å². The van der Waals surface area contributed by atoms with Crippen LogP contribution in [-0.4, -0.2) is 57.1 Å². The quantitative estimate of drug-likeness (QED) is 0.308. The predicted octanol–water partition coefficient (Wildman–Crippen LogP) is 5.80. The molecule has 1 fully saturated rings. The Hall–Kier alpha value is -2.49. The van der Waals surface area contributed by atoms with E-state index in [-0.39, 0.29) is 54.5 Å². The number of sulfonamides is 1. The second-order valence-corrected chi connectivity index (χ2v) is 12.9. The number of nitrogens with zero attached hydrogens (tertiary/aromatic N) is 2. The number of carbonyl (C=O) groups is 2. The molecule has 0 radical (unpaired) electrons. The first-order valence-electron chi connectivity index (χ1n) is 13.7. The maximum Gasteiger partial charge on any atom is 0.243 e. The lowest BCUT2D eigenvalue weighted by Gasteiger charge is -2.33. The molecule has 0 spiro atoms. The maximum atomic E-state index is 13.7. The lowest BCUT2D eigenvalue weighted by molar-refractivity contribution is -0.141. The van der Waals surface area contributed by atoms with Gasteiger partial charge in [0, 0.05) is 30.6 Å². The average molecular weight is 613 g/mol. The van der Waals surface area contributed by atoms with Crippen LogP contribution in [0.15, 0.2) is 42.5 Å². The summed E-state index contributed by atoms with van der Waals surface area (Å²) in [5.74, 6) is 0.264. The lowest BCUT2D eigenvalue weighted by atomic mass is 9.95. The Morgan fingerprint density at radius 2 is 1.82 bits per heavy atom. The molecule has 1 saturated carbocycles. The van der Waals surface area contributed by atoms with E-state index in [1.807, 2.05) is 31.2 Å². The summed E-state index contributed by atoms with van der Waals surface area (Å²) < 4.78 is 31.7. The second kappa shape index (κ2) is 14.9. The molecular weight excluding hydrogens is 573 g/mol. The van der Waals surface area contributed by atoms with Gasteiger partial charge in [-0.1, -0.05) is 61.5 Å². The molecular formula is C29H39Cl2N3O5S. The van der Waals surface area contributed by atoms with E-state index in [0.717, 1.165) is 41.8 Å². The van der Waals surface area contributed by atoms with Gasteiger partial charge in [0.1, 0.15) is 11.8 Å². The van der Waals surface area contributed by atoms with Gasteiger partial charge in [-0.15, -0.1) is 0 Å². The molecule has 40 heavy (non-hydrogen) atoms. The monoisotopic (exact) mass is 611 g/mol. The van der Waals surface area contributed by atoms with E-state index in [1.54, 1.807) is 18.1 Å². The SMILES string of the molecule is CCC(C(=O)NC1CCCCC1)N(Cc1cccc(OC)c1)C(=O)CCCN(c1cc(Cl)ccc1Cl)S(C)(=O)=O. The third-order valence-electron chi connectivity index (χ3n) is 7.15. The Labute approximate surface area is 248 Å². The van der Waals surface area contributed by atoms with Crippen molar-refractivity contribution in [2.24, 2.45) is 0 Å². The molecule has 1 aliphatic carbocycles. The third kappa shape index (κ3) is 9.01. The van der Waals surface area contributed by atoms with E-state index < -0.39 is 16.1 Å². The molecule has 8 nitrogen and oxygen atoms in total. The van der Waals surface area contributed by atoms with E-state index in [1.165, 1.54) is 18.6 Å². The van der Waals surface area contributed by atoms with Crippen molar-refractivity contribution in [3.63, 3.8) is 0 Å². The van der Waals surface area contributed by atoms with Gasteiger partial charge in [-0.25, -0.2) is 8.42 Å². The minimum atomic E-state index is -3.70. The fourth-order valence-electron chi connectivity index (χ4n) is 5.09. The Morgan fingerprint density at radius 3 is 2.48 bits per heavy atom. The first-order valence-corrected chi connectivity index (χ1v) is 16.3. The second-order valence-electron chi connectivity index (χ2n) is 10.2. The molecule has 0 aliphatic heterocycles. The van der Waals surface area contributed by atoms with Gasteiger partial charge < -0.3 is 15.0 Å². The molecule has 2 aromatic rings. The Balaban J connectivity index is 1.79. The standard InChI is InChI=1S/C29H39Cl2N3O5S/c1-4-26(29(36)32-23-11-6-5-7-12-23)33(20-21-10-8-13-24(18-21)39-2)28(35)14-9-17-34(40(3,37)38)27-19-22(30)15-16-25(27)31/h8,10,13,15-16,18-19,23,26H,4-7,9,11-12,14,17,20H2,1-3H3,(H,32,36). The van der Waals surface area contributed by atoms with Crippen molar-refractivity contribution < 1.29 is 22.7 Å². The zero-order valence-electron chi connectivity index (χ0n) is 23.4. The Kier molecular flexibility index (Phi) is 12.0. The molecule has 1 atom stereocenters. The van der Waals surface area contributed by atoms with Crippen LogP contribution in [0.3, 0.4) is 0 Å². The number of halogens is 2. The smallest absolute Gasteiger partial charge is 0.243 e. The van der Waals surface area contributed by atoms with Gasteiger partial charge in [-0.3, -0.25) is 13.9 Å². The van der Waals surface area contributed by atoms with Gasteiger partial charge in [0.15, 0.2) is 0 Å². The molecule has 11 heteroatoms. The number of carbonyl (C=O) groups excluding carboxylic acids is 2. The number of nitrogens with one attached hydrogen (secondary N) is 1. The van der Waals surface area contributed by atoms with Crippen molar-refractivity contribution in [1.29, 1.82) is 0 Å². The average Bonchev–Trinajstić information content (AvgIpc) is 2.92. The van der Waals surface area contributed by atoms with Crippen LogP contribution < -0.4 is 14.4 Å². The fraction of sp³-hybridized carbons (Fsp3) is 0.517. The normalized spacial score (nSPS) is 14.8. The topological polar surface area (TPSA) is 96.0 Å². The predicted molar refractivity (Wildman–Crippen MR) is 161 cm³/mol. The van der Waals surface area contributed by atoms with Gasteiger partial charge in [0.2, 0.25) is 21.8 Å². The summed E-state index contributed by atoms with van der Waals surface area (Å²) in [7, 11) is -2.12. The largest absolute Gasteiger partial charge is 0.497 e. The van der Waals surface area contributed by atoms with Crippen molar-refractivity contribution in [2.45, 2.75) is 76.9 Å². The molecule has 2 amide bonds. The highest BCUT2D eigenvalue weighted by atomic mass is 35.5. The van der Waals surface area contributed by atoms with Gasteiger partial charge in [0.05, 0.1) is 24.1 Å². The molecule has 0 bridgehead atoms. The molecule has 2 aromatic carbocycles. The summed E-state index contributed by atoms with van der Waals surface area (Å²) in [6.07, 6.45) is 7.04. The van der Waals surface area contributed by atoms with E-state index in [4.69, 9.17) is 27.9 Å². The fourth-order valence-corrected chi connectivity index (χ4v) is 6.50. The van der Waals surface area contributed by atoms with Crippen LogP contribution in [-0.2, 0) is 26.2 Å². The number of rotatable bonds is 13. The molecule has 0 saturated heterocycles. The maximum absolute atomic E-state index is 13.7. The molecule has 1 aliphatic rings. The highest BCUT2D eigenvalue weighted by Gasteiger charge is 2.30. The lowest BCUT2D eigenvalue weighted by Crippen LogP contribution is -2.51. The van der Waals surface area contributed by atoms with Crippen molar-refractivity contribution in [2.75, 3.05) is 24.2 Å². The Morgan fingerprint density at radius 1 is 1.10 bits per heavy atom. The summed E-state index contributed by atoms with van der Waals surface area (Å²) in [4.78, 5) is 28.7. The summed E-state index contributed by atoms with van der Waals surface area (Å²) in [6.45, 7) is 2.15. The number of methoxy groups -OCH3 is 1. The van der Waals surface area contributed by atoms with Crippen molar-refractivity contribution in [1.82, 2.24) is 10.2 Å². The molecule has 3 rings (SSSR count). The highest BCUT2D eigenvalue weighted by molar-refractivity contribution is 7.92. The van der Waals surface area contributed by atoms with Gasteiger partial charge in [-0.05, 0) is 61.6 Å². The van der Waals surface area contributed by atoms with Crippen LogP contribution in [0.25, 0.3) is 0 Å². The Bertz CT molecular complexity index is 1270. The highest BCUT2D eigenvalue weighted by Crippen LogP contribution is 2.31. The summed E-state index contributed by atoms with van der Waals surface area (Å²) >= 11 is 12.4. The van der Waals surface area contributed by atoms with Crippen LogP contribution >= 0.6 is 23.2 Å². The van der Waals surface area contributed by atoms with Crippen molar-refractivity contribution >= 4 is 50.7 Å². The zero-order chi connectivity index (χ0) is 29.3. The molecule has 1 N–H and O–H groups in total. The van der Waals surface area contributed by atoms with E-state index >= 15 is 0 Å². The van der Waals surface area contributed by atoms with E-state index in [9.17, 15) is 18.0 Å².